The minimum absolute atomic E-state index is 0.0332. The van der Waals surface area contributed by atoms with Crippen LogP contribution in [0, 0.1) is 0 Å². The summed E-state index contributed by atoms with van der Waals surface area (Å²) in [5, 5.41) is 2.73. The Bertz CT molecular complexity index is 5650. The van der Waals surface area contributed by atoms with E-state index in [4.69, 9.17) is 0 Å². The normalized spacial score (nSPS) is 13.2. The molecule has 0 aliphatic heterocycles. The van der Waals surface area contributed by atoms with Crippen LogP contribution >= 0.6 is 0 Å². The van der Waals surface area contributed by atoms with Gasteiger partial charge in [-0.05, 0) is 287 Å². The molecule has 3 aliphatic rings. The van der Waals surface area contributed by atoms with Gasteiger partial charge in [-0.2, -0.15) is 0 Å². The van der Waals surface area contributed by atoms with Gasteiger partial charge in [-0.1, -0.05) is 356 Å². The molecule has 0 unspecified atom stereocenters. The molecule has 3 aliphatic carbocycles. The number of unbranched alkanes of at least 4 members (excludes halogenated alkanes) is 13. The summed E-state index contributed by atoms with van der Waals surface area (Å²) in [5.41, 5.74) is 38.1. The van der Waals surface area contributed by atoms with Crippen molar-refractivity contribution < 1.29 is 0 Å². The minimum atomic E-state index is -0.119. The highest BCUT2D eigenvalue weighted by Crippen LogP contribution is 2.59. The second-order valence-corrected chi connectivity index (χ2v) is 34.0. The standard InChI is InChI=1S/C114H116N2/c1-6-11-16-28-72-113(73-29-17-12-7-2)109-78-89(84-36-24-21-25-37-84)52-68-104(109)105-69-53-90(79-110(105)113)86-46-61-96(62-47-86)115(95-57-42-82(43-58-95)33-15-10-5)97-63-48-87(49-64-97)91-54-70-106-107-71-55-92(81-112(107)114(111(106)80-91,74-30-18-13-8-3)75-31-19-14-9-4)88-50-65-99(66-51-88)116(98-59-44-85(45-60-98)83-34-22-20-23-35-83)100-39-32-38-93(76-100)108-77-94-56-67-101(94)102-40-26-27-41-103(102)108/h20-27,32,34-55,57-66,68-71,76-81H,6-19,28-31,33,56,67,72-75H2,1-5H3. The Morgan fingerprint density at radius 3 is 0.914 bits per heavy atom. The van der Waals surface area contributed by atoms with Crippen molar-refractivity contribution in [2.75, 3.05) is 9.80 Å². The quantitative estimate of drug-likeness (QED) is 0.0365. The number of nitrogens with zero attached hydrogens (tertiary/aromatic N) is 2. The lowest BCUT2D eigenvalue weighted by atomic mass is 9.70. The van der Waals surface area contributed by atoms with E-state index < -0.39 is 0 Å². The van der Waals surface area contributed by atoms with Crippen LogP contribution in [0.25, 0.3) is 99.8 Å². The number of rotatable bonds is 35. The van der Waals surface area contributed by atoms with E-state index in [1.165, 1.54) is 267 Å². The maximum Gasteiger partial charge on any atom is 0.0467 e. The average molecular weight is 1510 g/mol. The molecule has 0 saturated carbocycles. The van der Waals surface area contributed by atoms with Crippen molar-refractivity contribution in [2.45, 2.75) is 206 Å². The second kappa shape index (κ2) is 35.6. The predicted octanol–water partition coefficient (Wildman–Crippen LogP) is 33.6. The number of aryl methyl sites for hydroxylation is 3. The second-order valence-electron chi connectivity index (χ2n) is 34.0. The number of anilines is 6. The first kappa shape index (κ1) is 77.5. The molecule has 0 fully saturated rings. The van der Waals surface area contributed by atoms with Crippen molar-refractivity contribution in [1.29, 1.82) is 0 Å². The Morgan fingerprint density at radius 2 is 0.543 bits per heavy atom. The lowest BCUT2D eigenvalue weighted by Crippen LogP contribution is -2.25. The molecule has 2 nitrogen and oxygen atoms in total. The highest BCUT2D eigenvalue weighted by atomic mass is 15.1. The first-order valence-corrected chi connectivity index (χ1v) is 44.7. The Kier molecular flexibility index (Phi) is 23.8. The molecule has 582 valence electrons. The Hall–Kier alpha value is -11.1. The van der Waals surface area contributed by atoms with Gasteiger partial charge in [0.1, 0.15) is 0 Å². The summed E-state index contributed by atoms with van der Waals surface area (Å²) in [4.78, 5) is 4.94. The zero-order chi connectivity index (χ0) is 78.8. The molecule has 14 aromatic carbocycles. The molecule has 116 heavy (non-hydrogen) atoms. The van der Waals surface area contributed by atoms with Gasteiger partial charge in [-0.15, -0.1) is 0 Å². The number of hydrogen-bond acceptors (Lipinski definition) is 2. The molecule has 0 radical (unpaired) electrons. The van der Waals surface area contributed by atoms with Gasteiger partial charge in [-0.3, -0.25) is 0 Å². The molecule has 0 spiro atoms. The van der Waals surface area contributed by atoms with Gasteiger partial charge in [0.15, 0.2) is 0 Å². The van der Waals surface area contributed by atoms with Gasteiger partial charge in [0.2, 0.25) is 0 Å². The summed E-state index contributed by atoms with van der Waals surface area (Å²) in [6.07, 6.45) is 30.4. The molecular weight excluding hydrogens is 1400 g/mol. The smallest absolute Gasteiger partial charge is 0.0467 e. The van der Waals surface area contributed by atoms with Crippen molar-refractivity contribution in [1.82, 2.24) is 0 Å². The Labute approximate surface area is 693 Å². The fourth-order valence-electron chi connectivity index (χ4n) is 20.2. The van der Waals surface area contributed by atoms with E-state index in [0.717, 1.165) is 60.5 Å². The van der Waals surface area contributed by atoms with Crippen LogP contribution in [-0.4, -0.2) is 0 Å². The molecule has 0 bridgehead atoms. The zero-order valence-electron chi connectivity index (χ0n) is 69.5. The van der Waals surface area contributed by atoms with Crippen LogP contribution in [0.4, 0.5) is 34.1 Å². The van der Waals surface area contributed by atoms with E-state index >= 15 is 0 Å². The van der Waals surface area contributed by atoms with E-state index in [2.05, 4.69) is 354 Å². The van der Waals surface area contributed by atoms with E-state index in [-0.39, 0.29) is 10.8 Å². The summed E-state index contributed by atoms with van der Waals surface area (Å²) < 4.78 is 0. The first-order valence-electron chi connectivity index (χ1n) is 44.7. The molecule has 0 aromatic heterocycles. The maximum absolute atomic E-state index is 2.63. The van der Waals surface area contributed by atoms with Crippen LogP contribution in [0.1, 0.15) is 215 Å². The summed E-state index contributed by atoms with van der Waals surface area (Å²) in [5.74, 6) is 0. The summed E-state index contributed by atoms with van der Waals surface area (Å²) in [6.45, 7) is 11.7. The average Bonchev–Trinajstić information content (AvgIpc) is 1.57. The van der Waals surface area contributed by atoms with Gasteiger partial charge in [-0.25, -0.2) is 0 Å². The van der Waals surface area contributed by atoms with Crippen LogP contribution < -0.4 is 9.80 Å². The summed E-state index contributed by atoms with van der Waals surface area (Å²) in [7, 11) is 0. The lowest BCUT2D eigenvalue weighted by Gasteiger charge is -2.33. The highest BCUT2D eigenvalue weighted by molar-refractivity contribution is 6.01. The third-order valence-corrected chi connectivity index (χ3v) is 26.6. The molecular formula is C114H116N2. The van der Waals surface area contributed by atoms with Crippen LogP contribution in [0.15, 0.2) is 309 Å². The molecule has 0 atom stereocenters. The molecule has 17 rings (SSSR count). The van der Waals surface area contributed by atoms with Crippen molar-refractivity contribution in [3.05, 3.63) is 348 Å². The van der Waals surface area contributed by atoms with Crippen molar-refractivity contribution >= 4 is 44.9 Å². The van der Waals surface area contributed by atoms with Crippen LogP contribution in [0.3, 0.4) is 0 Å². The molecule has 0 N–H and O–H groups in total. The minimum Gasteiger partial charge on any atom is -0.311 e. The lowest BCUT2D eigenvalue weighted by molar-refractivity contribution is 0.401. The molecule has 2 heteroatoms. The van der Waals surface area contributed by atoms with Crippen LogP contribution in [0.5, 0.6) is 0 Å². The fraction of sp³-hybridized carbons (Fsp3) is 0.281. The van der Waals surface area contributed by atoms with Crippen LogP contribution in [0.2, 0.25) is 0 Å². The van der Waals surface area contributed by atoms with Gasteiger partial charge in [0.25, 0.3) is 0 Å². The van der Waals surface area contributed by atoms with Gasteiger partial charge < -0.3 is 9.80 Å². The third kappa shape index (κ3) is 15.7. The zero-order valence-corrected chi connectivity index (χ0v) is 69.5. The van der Waals surface area contributed by atoms with E-state index in [0.29, 0.717) is 0 Å². The van der Waals surface area contributed by atoms with Crippen molar-refractivity contribution in [3.63, 3.8) is 0 Å². The van der Waals surface area contributed by atoms with Crippen LogP contribution in [-0.2, 0) is 30.1 Å². The Balaban J connectivity index is 0.697. The topological polar surface area (TPSA) is 6.48 Å². The highest BCUT2D eigenvalue weighted by Gasteiger charge is 2.45. The predicted molar refractivity (Wildman–Crippen MR) is 499 cm³/mol. The molecule has 14 aromatic rings. The molecule has 0 heterocycles. The van der Waals surface area contributed by atoms with E-state index in [1.54, 1.807) is 5.56 Å². The van der Waals surface area contributed by atoms with Gasteiger partial charge >= 0.3 is 0 Å². The Morgan fingerprint density at radius 1 is 0.224 bits per heavy atom. The van der Waals surface area contributed by atoms with E-state index in [1.807, 2.05) is 0 Å². The fourth-order valence-corrected chi connectivity index (χ4v) is 20.2. The number of fused-ring (bicyclic) bond motifs is 9. The van der Waals surface area contributed by atoms with Gasteiger partial charge in [0, 0.05) is 45.0 Å². The number of benzene rings is 14. The SMILES string of the molecule is CCCCCCC1(CCCCCC)c2cc(-c3ccccc3)ccc2-c2ccc(-c3ccc(N(c4ccc(CCCC)cc4)c4ccc(-c5ccc6c(c5)C(CCCCCC)(CCCCCC)c5cc(-c7ccc(N(c8ccc(-c9ccccc9)cc8)c8cccc(-c9cc%10c(c%11ccccc9%11)CC%10)c8)cc7)ccc5-6)cc4)cc3)cc21. The summed E-state index contributed by atoms with van der Waals surface area (Å²) in [6, 6.07) is 120. The number of hydrogen-bond donors (Lipinski definition) is 0. The van der Waals surface area contributed by atoms with Crippen molar-refractivity contribution in [3.8, 4) is 89.0 Å². The van der Waals surface area contributed by atoms with Gasteiger partial charge in [0.05, 0.1) is 0 Å². The largest absolute Gasteiger partial charge is 0.311 e. The monoisotopic (exact) mass is 1510 g/mol. The third-order valence-electron chi connectivity index (χ3n) is 26.6. The van der Waals surface area contributed by atoms with E-state index in [9.17, 15) is 0 Å². The van der Waals surface area contributed by atoms with Crippen molar-refractivity contribution in [2.24, 2.45) is 0 Å². The maximum atomic E-state index is 2.63. The summed E-state index contributed by atoms with van der Waals surface area (Å²) >= 11 is 0. The molecule has 0 amide bonds. The molecule has 0 saturated heterocycles. The first-order chi connectivity index (χ1) is 57.3.